The van der Waals surface area contributed by atoms with Crippen LogP contribution in [0.15, 0.2) is 95.8 Å². The van der Waals surface area contributed by atoms with E-state index in [2.05, 4.69) is 42.5 Å². The van der Waals surface area contributed by atoms with Crippen LogP contribution in [-0.2, 0) is 6.61 Å². The van der Waals surface area contributed by atoms with E-state index in [-0.39, 0.29) is 5.43 Å². The minimum Gasteiger partial charge on any atom is -0.472 e. The van der Waals surface area contributed by atoms with E-state index in [1.807, 2.05) is 48.5 Å². The van der Waals surface area contributed by atoms with Gasteiger partial charge in [0.1, 0.15) is 6.61 Å². The quantitative estimate of drug-likeness (QED) is 0.213. The lowest BCUT2D eigenvalue weighted by atomic mass is 9.95. The Hall–Kier alpha value is -4.02. The molecule has 33 heavy (non-hydrogen) atoms. The van der Waals surface area contributed by atoms with Crippen molar-refractivity contribution in [3.8, 4) is 5.88 Å². The SMILES string of the molecule is O=c1c2ccccc2c2nc(OCc3ccccc3)c3sc4ccccc4c4ccc1c2c34. The van der Waals surface area contributed by atoms with Crippen LogP contribution in [0.5, 0.6) is 5.88 Å². The van der Waals surface area contributed by atoms with Crippen LogP contribution in [-0.4, -0.2) is 4.98 Å². The van der Waals surface area contributed by atoms with E-state index in [1.54, 1.807) is 11.3 Å². The van der Waals surface area contributed by atoms with Gasteiger partial charge in [0.05, 0.1) is 10.2 Å². The third-order valence-corrected chi connectivity index (χ3v) is 7.51. The van der Waals surface area contributed by atoms with Crippen LogP contribution in [0.4, 0.5) is 0 Å². The second-order valence-electron chi connectivity index (χ2n) is 8.25. The fourth-order valence-corrected chi connectivity index (χ4v) is 6.01. The summed E-state index contributed by atoms with van der Waals surface area (Å²) in [6, 6.07) is 30.3. The van der Waals surface area contributed by atoms with Gasteiger partial charge in [-0.25, -0.2) is 4.98 Å². The maximum Gasteiger partial charge on any atom is 0.232 e. The Morgan fingerprint density at radius 3 is 2.21 bits per heavy atom. The third-order valence-electron chi connectivity index (χ3n) is 6.36. The summed E-state index contributed by atoms with van der Waals surface area (Å²) in [4.78, 5) is 18.4. The number of fused-ring (bicyclic) bond motifs is 4. The van der Waals surface area contributed by atoms with E-state index in [0.717, 1.165) is 37.3 Å². The highest BCUT2D eigenvalue weighted by molar-refractivity contribution is 7.25. The Bertz CT molecular complexity index is 1890. The molecule has 3 nitrogen and oxygen atoms in total. The highest BCUT2D eigenvalue weighted by Crippen LogP contribution is 2.44. The first-order valence-electron chi connectivity index (χ1n) is 10.9. The molecule has 0 saturated carbocycles. The second kappa shape index (κ2) is 6.99. The van der Waals surface area contributed by atoms with Crippen molar-refractivity contribution in [1.29, 1.82) is 0 Å². The molecule has 2 heterocycles. The molecule has 7 rings (SSSR count). The van der Waals surface area contributed by atoms with Gasteiger partial charge in [0.2, 0.25) is 5.88 Å². The first-order valence-corrected chi connectivity index (χ1v) is 11.7. The Kier molecular flexibility index (Phi) is 3.93. The Morgan fingerprint density at radius 1 is 0.667 bits per heavy atom. The van der Waals surface area contributed by atoms with Crippen molar-refractivity contribution in [2.24, 2.45) is 0 Å². The number of hydrogen-bond donors (Lipinski definition) is 0. The van der Waals surface area contributed by atoms with Gasteiger partial charge in [0.25, 0.3) is 0 Å². The van der Waals surface area contributed by atoms with Crippen LogP contribution in [0, 0.1) is 0 Å². The molecule has 0 bridgehead atoms. The molecule has 2 aromatic heterocycles. The molecular weight excluding hydrogens is 426 g/mol. The highest BCUT2D eigenvalue weighted by Gasteiger charge is 2.21. The summed E-state index contributed by atoms with van der Waals surface area (Å²) in [5, 5.41) is 6.57. The van der Waals surface area contributed by atoms with Gasteiger partial charge < -0.3 is 4.74 Å². The smallest absolute Gasteiger partial charge is 0.232 e. The van der Waals surface area contributed by atoms with Crippen LogP contribution in [0.3, 0.4) is 0 Å². The maximum atomic E-state index is 13.4. The predicted molar refractivity (Wildman–Crippen MR) is 138 cm³/mol. The van der Waals surface area contributed by atoms with Gasteiger partial charge in [-0.1, -0.05) is 78.9 Å². The van der Waals surface area contributed by atoms with Gasteiger partial charge in [-0.3, -0.25) is 4.79 Å². The summed E-state index contributed by atoms with van der Waals surface area (Å²) >= 11 is 1.67. The molecule has 0 amide bonds. The molecule has 0 fully saturated rings. The number of ether oxygens (including phenoxy) is 1. The number of rotatable bonds is 3. The summed E-state index contributed by atoms with van der Waals surface area (Å²) < 4.78 is 8.51. The molecular formula is C29H17NO2S. The molecule has 0 aliphatic heterocycles. The van der Waals surface area contributed by atoms with E-state index >= 15 is 0 Å². The maximum absolute atomic E-state index is 13.4. The van der Waals surface area contributed by atoms with Crippen molar-refractivity contribution in [1.82, 2.24) is 4.98 Å². The first kappa shape index (κ1) is 18.5. The van der Waals surface area contributed by atoms with Crippen LogP contribution >= 0.6 is 11.3 Å². The van der Waals surface area contributed by atoms with E-state index in [9.17, 15) is 4.79 Å². The zero-order valence-corrected chi connectivity index (χ0v) is 18.4. The zero-order chi connectivity index (χ0) is 21.9. The van der Waals surface area contributed by atoms with E-state index in [4.69, 9.17) is 9.72 Å². The molecule has 156 valence electrons. The average molecular weight is 444 g/mol. The Balaban J connectivity index is 1.66. The lowest BCUT2D eigenvalue weighted by Crippen LogP contribution is -2.06. The van der Waals surface area contributed by atoms with E-state index in [0.29, 0.717) is 23.3 Å². The van der Waals surface area contributed by atoms with Gasteiger partial charge in [-0.2, -0.15) is 0 Å². The summed E-state index contributed by atoms with van der Waals surface area (Å²) in [7, 11) is 0. The zero-order valence-electron chi connectivity index (χ0n) is 17.5. The van der Waals surface area contributed by atoms with Crippen molar-refractivity contribution in [2.75, 3.05) is 0 Å². The summed E-state index contributed by atoms with van der Waals surface area (Å²) in [6.45, 7) is 0.434. The van der Waals surface area contributed by atoms with Gasteiger partial charge >= 0.3 is 0 Å². The molecule has 5 aromatic carbocycles. The molecule has 4 heteroatoms. The van der Waals surface area contributed by atoms with Crippen LogP contribution in [0.1, 0.15) is 5.56 Å². The van der Waals surface area contributed by atoms with Crippen molar-refractivity contribution >= 4 is 64.0 Å². The van der Waals surface area contributed by atoms with Gasteiger partial charge in [0, 0.05) is 31.6 Å². The van der Waals surface area contributed by atoms with E-state index < -0.39 is 0 Å². The molecule has 0 radical (unpaired) electrons. The highest BCUT2D eigenvalue weighted by atomic mass is 32.1. The van der Waals surface area contributed by atoms with E-state index in [1.165, 1.54) is 10.1 Å². The number of nitrogens with zero attached hydrogens (tertiary/aromatic N) is 1. The fraction of sp³-hybridized carbons (Fsp3) is 0.0345. The van der Waals surface area contributed by atoms with Gasteiger partial charge in [-0.05, 0) is 28.5 Å². The molecule has 0 saturated heterocycles. The summed E-state index contributed by atoms with van der Waals surface area (Å²) in [5.74, 6) is 0.614. The number of aromatic nitrogens is 1. The van der Waals surface area contributed by atoms with Crippen molar-refractivity contribution < 1.29 is 4.74 Å². The molecule has 0 aliphatic rings. The number of benzene rings is 5. The fourth-order valence-electron chi connectivity index (χ4n) is 4.85. The molecule has 0 aliphatic carbocycles. The molecule has 0 spiro atoms. The minimum atomic E-state index is 0.0548. The number of hydrogen-bond acceptors (Lipinski definition) is 4. The average Bonchev–Trinajstić information content (AvgIpc) is 2.88. The van der Waals surface area contributed by atoms with Gasteiger partial charge in [0.15, 0.2) is 5.43 Å². The Labute approximate surface area is 192 Å². The first-order chi connectivity index (χ1) is 16.3. The minimum absolute atomic E-state index is 0.0548. The lowest BCUT2D eigenvalue weighted by Gasteiger charge is -2.16. The topological polar surface area (TPSA) is 39.2 Å². The molecule has 0 atom stereocenters. The normalized spacial score (nSPS) is 11.9. The van der Waals surface area contributed by atoms with Crippen molar-refractivity contribution in [3.05, 3.63) is 107 Å². The Morgan fingerprint density at radius 2 is 1.36 bits per heavy atom. The van der Waals surface area contributed by atoms with Crippen molar-refractivity contribution in [3.63, 3.8) is 0 Å². The van der Waals surface area contributed by atoms with Crippen LogP contribution in [0.25, 0.3) is 52.6 Å². The largest absolute Gasteiger partial charge is 0.472 e. The monoisotopic (exact) mass is 443 g/mol. The molecule has 0 unspecified atom stereocenters. The van der Waals surface area contributed by atoms with Crippen LogP contribution in [0.2, 0.25) is 0 Å². The number of pyridine rings is 1. The third kappa shape index (κ3) is 2.68. The van der Waals surface area contributed by atoms with Gasteiger partial charge in [-0.15, -0.1) is 11.3 Å². The summed E-state index contributed by atoms with van der Waals surface area (Å²) in [6.07, 6.45) is 0. The van der Waals surface area contributed by atoms with Crippen molar-refractivity contribution in [2.45, 2.75) is 6.61 Å². The standard InChI is InChI=1S/C29H17NO2S/c31-27-21-12-5-4-11-20(21)26-24-22(27)15-14-19-18-10-6-7-13-23(18)33-28(25(19)24)29(30-26)32-16-17-8-2-1-3-9-17/h1-15H,16H2. The molecule has 0 N–H and O–H groups in total. The summed E-state index contributed by atoms with van der Waals surface area (Å²) in [5.41, 5.74) is 1.97. The molecule has 7 aromatic rings. The lowest BCUT2D eigenvalue weighted by molar-refractivity contribution is 0.299. The second-order valence-corrected chi connectivity index (χ2v) is 9.30. The predicted octanol–water partition coefficient (Wildman–Crippen LogP) is 7.29. The van der Waals surface area contributed by atoms with Crippen LogP contribution < -0.4 is 10.2 Å².